The fourth-order valence-corrected chi connectivity index (χ4v) is 2.96. The fraction of sp³-hybridized carbons (Fsp3) is 0.500. The molecule has 1 aliphatic carbocycles. The Morgan fingerprint density at radius 3 is 2.61 bits per heavy atom. The van der Waals surface area contributed by atoms with Gasteiger partial charge in [-0.2, -0.15) is 0 Å². The maximum absolute atomic E-state index is 11.8. The van der Waals surface area contributed by atoms with Crippen LogP contribution in [0, 0.1) is 12.8 Å². The molecule has 2 rings (SSSR count). The van der Waals surface area contributed by atoms with Crippen LogP contribution in [0.2, 0.25) is 0 Å². The highest BCUT2D eigenvalue weighted by Gasteiger charge is 2.28. The lowest BCUT2D eigenvalue weighted by Gasteiger charge is -2.05. The maximum Gasteiger partial charge on any atom is 0.261 e. The molecule has 6 heteroatoms. The summed E-state index contributed by atoms with van der Waals surface area (Å²) >= 11 is 4.81. The lowest BCUT2D eigenvalue weighted by Crippen LogP contribution is -2.35. The number of hydrogen-bond acceptors (Lipinski definition) is 3. The molecule has 1 aromatic rings. The molecule has 0 radical (unpaired) electrons. The number of carbonyl (C=O) groups is 2. The van der Waals surface area contributed by atoms with Crippen molar-refractivity contribution < 1.29 is 9.59 Å². The number of rotatable bonds is 5. The Kier molecular flexibility index (Phi) is 4.40. The van der Waals surface area contributed by atoms with Crippen molar-refractivity contribution in [3.05, 3.63) is 20.3 Å². The summed E-state index contributed by atoms with van der Waals surface area (Å²) < 4.78 is 0.981. The van der Waals surface area contributed by atoms with Gasteiger partial charge in [0.1, 0.15) is 0 Å². The number of thiophene rings is 1. The molecule has 18 heavy (non-hydrogen) atoms. The van der Waals surface area contributed by atoms with E-state index in [1.807, 2.05) is 13.0 Å². The monoisotopic (exact) mass is 330 g/mol. The van der Waals surface area contributed by atoms with E-state index < -0.39 is 0 Å². The highest BCUT2D eigenvalue weighted by molar-refractivity contribution is 9.11. The van der Waals surface area contributed by atoms with E-state index in [2.05, 4.69) is 26.6 Å². The standard InChI is InChI=1S/C12H15BrN2O2S/c1-7-6-9(18-10(7)13)12(17)15-5-4-14-11(16)8-2-3-8/h6,8H,2-5H2,1H3,(H,14,16)(H,15,17). The van der Waals surface area contributed by atoms with Crippen LogP contribution in [-0.4, -0.2) is 24.9 Å². The highest BCUT2D eigenvalue weighted by Crippen LogP contribution is 2.28. The van der Waals surface area contributed by atoms with Crippen LogP contribution in [0.3, 0.4) is 0 Å². The Labute approximate surface area is 118 Å². The Hall–Kier alpha value is -0.880. The van der Waals surface area contributed by atoms with E-state index in [1.165, 1.54) is 11.3 Å². The molecule has 2 amide bonds. The average molecular weight is 331 g/mol. The van der Waals surface area contributed by atoms with Crippen LogP contribution in [0.5, 0.6) is 0 Å². The summed E-state index contributed by atoms with van der Waals surface area (Å²) in [5.74, 6) is 0.241. The first-order chi connectivity index (χ1) is 8.58. The van der Waals surface area contributed by atoms with E-state index in [-0.39, 0.29) is 17.7 Å². The first kappa shape index (κ1) is 13.5. The minimum atomic E-state index is -0.0885. The topological polar surface area (TPSA) is 58.2 Å². The van der Waals surface area contributed by atoms with Crippen molar-refractivity contribution in [3.8, 4) is 0 Å². The van der Waals surface area contributed by atoms with Gasteiger partial charge in [0.15, 0.2) is 0 Å². The SMILES string of the molecule is Cc1cc(C(=O)NCCNC(=O)C2CC2)sc1Br. The molecule has 0 unspecified atom stereocenters. The van der Waals surface area contributed by atoms with Crippen LogP contribution in [0.4, 0.5) is 0 Å². The Balaban J connectivity index is 1.69. The predicted molar refractivity (Wildman–Crippen MR) is 74.8 cm³/mol. The summed E-state index contributed by atoms with van der Waals surface area (Å²) in [4.78, 5) is 23.8. The molecule has 1 aliphatic rings. The van der Waals surface area contributed by atoms with Crippen LogP contribution in [0.1, 0.15) is 28.1 Å². The molecule has 1 heterocycles. The van der Waals surface area contributed by atoms with Crippen LogP contribution < -0.4 is 10.6 Å². The van der Waals surface area contributed by atoms with Crippen molar-refractivity contribution in [1.29, 1.82) is 0 Å². The first-order valence-electron chi connectivity index (χ1n) is 5.90. The van der Waals surface area contributed by atoms with Gasteiger partial charge in [0.25, 0.3) is 5.91 Å². The van der Waals surface area contributed by atoms with Crippen LogP contribution >= 0.6 is 27.3 Å². The van der Waals surface area contributed by atoms with Gasteiger partial charge in [-0.15, -0.1) is 11.3 Å². The van der Waals surface area contributed by atoms with E-state index >= 15 is 0 Å². The number of aryl methyl sites for hydroxylation is 1. The largest absolute Gasteiger partial charge is 0.354 e. The summed E-state index contributed by atoms with van der Waals surface area (Å²) in [6.45, 7) is 2.91. The second kappa shape index (κ2) is 5.84. The van der Waals surface area contributed by atoms with Crippen molar-refractivity contribution in [3.63, 3.8) is 0 Å². The Morgan fingerprint density at radius 2 is 2.06 bits per heavy atom. The lowest BCUT2D eigenvalue weighted by atomic mass is 10.3. The summed E-state index contributed by atoms with van der Waals surface area (Å²) in [7, 11) is 0. The zero-order chi connectivity index (χ0) is 13.1. The molecular formula is C12H15BrN2O2S. The number of nitrogens with one attached hydrogen (secondary N) is 2. The van der Waals surface area contributed by atoms with E-state index in [9.17, 15) is 9.59 Å². The second-order valence-electron chi connectivity index (χ2n) is 4.39. The maximum atomic E-state index is 11.8. The molecule has 0 atom stereocenters. The van der Waals surface area contributed by atoms with Crippen molar-refractivity contribution >= 4 is 39.1 Å². The first-order valence-corrected chi connectivity index (χ1v) is 7.50. The number of carbonyl (C=O) groups excluding carboxylic acids is 2. The van der Waals surface area contributed by atoms with Gasteiger partial charge in [-0.05, 0) is 47.3 Å². The molecule has 0 spiro atoms. The molecule has 0 bridgehead atoms. The molecule has 4 nitrogen and oxygen atoms in total. The van der Waals surface area contributed by atoms with Gasteiger partial charge >= 0.3 is 0 Å². The smallest absolute Gasteiger partial charge is 0.261 e. The van der Waals surface area contributed by atoms with Crippen LogP contribution in [0.15, 0.2) is 9.85 Å². The third kappa shape index (κ3) is 3.55. The summed E-state index contributed by atoms with van der Waals surface area (Å²) in [5, 5.41) is 5.60. The van der Waals surface area contributed by atoms with E-state index in [4.69, 9.17) is 0 Å². The predicted octanol–water partition coefficient (Wildman–Crippen LogP) is 2.08. The molecule has 0 saturated heterocycles. The van der Waals surface area contributed by atoms with Crippen LogP contribution in [-0.2, 0) is 4.79 Å². The molecule has 98 valence electrons. The molecular weight excluding hydrogens is 316 g/mol. The third-order valence-electron chi connectivity index (χ3n) is 2.74. The highest BCUT2D eigenvalue weighted by atomic mass is 79.9. The average Bonchev–Trinajstić information content (AvgIpc) is 3.12. The van der Waals surface area contributed by atoms with E-state index in [0.717, 1.165) is 22.2 Å². The Bertz CT molecular complexity index is 449. The quantitative estimate of drug-likeness (QED) is 0.812. The third-order valence-corrected chi connectivity index (χ3v) is 4.87. The van der Waals surface area contributed by atoms with Gasteiger partial charge in [0.05, 0.1) is 8.66 Å². The molecule has 1 aromatic heterocycles. The zero-order valence-electron chi connectivity index (χ0n) is 10.1. The van der Waals surface area contributed by atoms with Gasteiger partial charge in [0.2, 0.25) is 5.91 Å². The van der Waals surface area contributed by atoms with Crippen molar-refractivity contribution in [1.82, 2.24) is 10.6 Å². The number of halogens is 1. The minimum Gasteiger partial charge on any atom is -0.354 e. The summed E-state index contributed by atoms with van der Waals surface area (Å²) in [6, 6.07) is 1.85. The second-order valence-corrected chi connectivity index (χ2v) is 6.76. The number of hydrogen-bond donors (Lipinski definition) is 2. The summed E-state index contributed by atoms with van der Waals surface area (Å²) in [6.07, 6.45) is 2.00. The van der Waals surface area contributed by atoms with E-state index in [1.54, 1.807) is 0 Å². The van der Waals surface area contributed by atoms with Crippen molar-refractivity contribution in [2.75, 3.05) is 13.1 Å². The lowest BCUT2D eigenvalue weighted by molar-refractivity contribution is -0.122. The fourth-order valence-electron chi connectivity index (χ4n) is 1.51. The van der Waals surface area contributed by atoms with Crippen molar-refractivity contribution in [2.24, 2.45) is 5.92 Å². The number of amides is 2. The van der Waals surface area contributed by atoms with Gasteiger partial charge in [-0.1, -0.05) is 0 Å². The zero-order valence-corrected chi connectivity index (χ0v) is 12.5. The molecule has 1 saturated carbocycles. The van der Waals surface area contributed by atoms with Gasteiger partial charge in [-0.3, -0.25) is 9.59 Å². The molecule has 0 aliphatic heterocycles. The Morgan fingerprint density at radius 1 is 1.39 bits per heavy atom. The normalized spacial score (nSPS) is 14.3. The van der Waals surface area contributed by atoms with Gasteiger partial charge in [-0.25, -0.2) is 0 Å². The van der Waals surface area contributed by atoms with Crippen LogP contribution in [0.25, 0.3) is 0 Å². The van der Waals surface area contributed by atoms with Gasteiger partial charge < -0.3 is 10.6 Å². The molecule has 0 aromatic carbocycles. The van der Waals surface area contributed by atoms with Gasteiger partial charge in [0, 0.05) is 19.0 Å². The van der Waals surface area contributed by atoms with Crippen molar-refractivity contribution in [2.45, 2.75) is 19.8 Å². The molecule has 1 fully saturated rings. The molecule has 2 N–H and O–H groups in total. The van der Waals surface area contributed by atoms with E-state index in [0.29, 0.717) is 18.0 Å². The minimum absolute atomic E-state index is 0.0885. The summed E-state index contributed by atoms with van der Waals surface area (Å²) in [5.41, 5.74) is 1.06.